The molecule has 9 heteroatoms. The van der Waals surface area contributed by atoms with Crippen molar-refractivity contribution in [1.29, 1.82) is 0 Å². The first-order valence-corrected chi connectivity index (χ1v) is 12.1. The Hall–Kier alpha value is -2.16. The molecular formula is C23H40N4O5. The van der Waals surface area contributed by atoms with Crippen LogP contribution in [-0.4, -0.2) is 83.9 Å². The van der Waals surface area contributed by atoms with Crippen LogP contribution < -0.4 is 10.6 Å². The van der Waals surface area contributed by atoms with Crippen LogP contribution in [0.3, 0.4) is 0 Å². The van der Waals surface area contributed by atoms with Crippen molar-refractivity contribution >= 4 is 23.7 Å². The number of carboxylic acid groups (broad SMARTS) is 1. The van der Waals surface area contributed by atoms with Gasteiger partial charge in [-0.25, -0.2) is 0 Å². The molecule has 2 heterocycles. The topological polar surface area (TPSA) is 119 Å². The molecule has 2 aliphatic heterocycles. The quantitative estimate of drug-likeness (QED) is 0.431. The monoisotopic (exact) mass is 452 g/mol. The molecule has 0 saturated carbocycles. The molecule has 3 amide bonds. The molecule has 3 N–H and O–H groups in total. The van der Waals surface area contributed by atoms with E-state index < -0.39 is 30.0 Å². The van der Waals surface area contributed by atoms with Gasteiger partial charge in [0, 0.05) is 20.6 Å². The minimum atomic E-state index is -1.09. The first-order chi connectivity index (χ1) is 15.4. The van der Waals surface area contributed by atoms with Gasteiger partial charge in [0.15, 0.2) is 0 Å². The highest BCUT2D eigenvalue weighted by Gasteiger charge is 2.46. The number of amides is 3. The molecule has 0 aromatic rings. The van der Waals surface area contributed by atoms with Gasteiger partial charge >= 0.3 is 5.97 Å². The van der Waals surface area contributed by atoms with Crippen molar-refractivity contribution < 1.29 is 24.3 Å². The van der Waals surface area contributed by atoms with Gasteiger partial charge in [-0.3, -0.25) is 24.1 Å². The molecule has 0 aromatic carbocycles. The van der Waals surface area contributed by atoms with E-state index in [2.05, 4.69) is 17.6 Å². The lowest BCUT2D eigenvalue weighted by Crippen LogP contribution is -2.61. The van der Waals surface area contributed by atoms with Crippen molar-refractivity contribution in [3.63, 3.8) is 0 Å². The number of unbranched alkanes of at least 4 members (excludes halogenated alkanes) is 2. The molecule has 0 aromatic heterocycles. The lowest BCUT2D eigenvalue weighted by molar-refractivity contribution is -0.158. The minimum Gasteiger partial charge on any atom is -0.480 e. The van der Waals surface area contributed by atoms with Gasteiger partial charge in [-0.2, -0.15) is 0 Å². The first-order valence-electron chi connectivity index (χ1n) is 12.1. The molecule has 4 atom stereocenters. The van der Waals surface area contributed by atoms with E-state index in [0.717, 1.165) is 44.9 Å². The smallest absolute Gasteiger partial charge is 0.321 e. The van der Waals surface area contributed by atoms with Gasteiger partial charge in [0.2, 0.25) is 17.7 Å². The summed E-state index contributed by atoms with van der Waals surface area (Å²) in [5.74, 6) is -2.57. The number of nitrogens with one attached hydrogen (secondary N) is 2. The maximum Gasteiger partial charge on any atom is 0.321 e. The third kappa shape index (κ3) is 6.21. The number of hydrogen-bond acceptors (Lipinski definition) is 5. The fourth-order valence-corrected chi connectivity index (χ4v) is 5.16. The Labute approximate surface area is 191 Å². The molecule has 0 spiro atoms. The third-order valence-corrected chi connectivity index (χ3v) is 6.86. The second-order valence-corrected chi connectivity index (χ2v) is 8.91. The second kappa shape index (κ2) is 12.8. The third-order valence-electron chi connectivity index (χ3n) is 6.86. The number of piperidine rings is 2. The Morgan fingerprint density at radius 2 is 1.50 bits per heavy atom. The Morgan fingerprint density at radius 1 is 0.906 bits per heavy atom. The number of nitrogens with zero attached hydrogens (tertiary/aromatic N) is 2. The van der Waals surface area contributed by atoms with Gasteiger partial charge < -0.3 is 20.6 Å². The highest BCUT2D eigenvalue weighted by Crippen LogP contribution is 2.30. The first kappa shape index (κ1) is 26.1. The van der Waals surface area contributed by atoms with E-state index in [1.165, 1.54) is 0 Å². The average Bonchev–Trinajstić information content (AvgIpc) is 2.82. The number of rotatable bonds is 10. The summed E-state index contributed by atoms with van der Waals surface area (Å²) in [6.07, 6.45) is 7.45. The van der Waals surface area contributed by atoms with Gasteiger partial charge in [-0.1, -0.05) is 32.6 Å². The van der Waals surface area contributed by atoms with E-state index in [9.17, 15) is 24.3 Å². The highest BCUT2D eigenvalue weighted by molar-refractivity contribution is 5.92. The lowest BCUT2D eigenvalue weighted by atomic mass is 9.86. The number of likely N-dealkylation sites (N-methyl/N-ethyl adjacent to an activating group) is 2. The summed E-state index contributed by atoms with van der Waals surface area (Å²) >= 11 is 0. The van der Waals surface area contributed by atoms with E-state index in [-0.39, 0.29) is 17.7 Å². The molecule has 32 heavy (non-hydrogen) atoms. The normalized spacial score (nSPS) is 23.8. The molecule has 4 unspecified atom stereocenters. The Bertz CT molecular complexity index is 671. The molecule has 9 nitrogen and oxygen atoms in total. The largest absolute Gasteiger partial charge is 0.480 e. The van der Waals surface area contributed by atoms with Gasteiger partial charge in [0.05, 0.1) is 12.0 Å². The zero-order valence-corrected chi connectivity index (χ0v) is 19.8. The predicted molar refractivity (Wildman–Crippen MR) is 121 cm³/mol. The summed E-state index contributed by atoms with van der Waals surface area (Å²) in [7, 11) is 3.11. The van der Waals surface area contributed by atoms with Crippen LogP contribution in [0.4, 0.5) is 0 Å². The van der Waals surface area contributed by atoms with Crippen LogP contribution in [0.1, 0.15) is 71.1 Å². The van der Waals surface area contributed by atoms with E-state index in [0.29, 0.717) is 32.4 Å². The van der Waals surface area contributed by atoms with Crippen LogP contribution in [0.2, 0.25) is 0 Å². The van der Waals surface area contributed by atoms with Crippen molar-refractivity contribution in [1.82, 2.24) is 20.4 Å². The molecule has 0 aliphatic carbocycles. The van der Waals surface area contributed by atoms with E-state index in [1.54, 1.807) is 23.9 Å². The summed E-state index contributed by atoms with van der Waals surface area (Å²) in [5, 5.41) is 15.6. The average molecular weight is 453 g/mol. The van der Waals surface area contributed by atoms with Crippen molar-refractivity contribution in [2.24, 2.45) is 5.92 Å². The zero-order chi connectivity index (χ0) is 23.7. The van der Waals surface area contributed by atoms with Crippen LogP contribution >= 0.6 is 0 Å². The summed E-state index contributed by atoms with van der Waals surface area (Å²) in [6.45, 7) is 2.97. The maximum absolute atomic E-state index is 13.8. The van der Waals surface area contributed by atoms with E-state index in [1.807, 2.05) is 0 Å². The Morgan fingerprint density at radius 3 is 2.09 bits per heavy atom. The zero-order valence-electron chi connectivity index (χ0n) is 19.8. The number of carbonyl (C=O) groups excluding carboxylic acids is 3. The van der Waals surface area contributed by atoms with Crippen LogP contribution in [0, 0.1) is 5.92 Å². The molecule has 2 saturated heterocycles. The SMILES string of the molecule is CCCCCC(C(=O)N1CCCCC1C(=O)NC)C(C(=O)O)N1CCCCC1C(=O)NC. The van der Waals surface area contributed by atoms with Gasteiger partial charge in [-0.05, 0) is 45.1 Å². The second-order valence-electron chi connectivity index (χ2n) is 8.91. The molecule has 2 aliphatic rings. The van der Waals surface area contributed by atoms with Gasteiger partial charge in [-0.15, -0.1) is 0 Å². The predicted octanol–water partition coefficient (Wildman–Crippen LogP) is 1.36. The Kier molecular flexibility index (Phi) is 10.4. The van der Waals surface area contributed by atoms with Crippen LogP contribution in [-0.2, 0) is 19.2 Å². The van der Waals surface area contributed by atoms with Crippen LogP contribution in [0.25, 0.3) is 0 Å². The van der Waals surface area contributed by atoms with Gasteiger partial charge in [0.1, 0.15) is 12.1 Å². The summed E-state index contributed by atoms with van der Waals surface area (Å²) in [5.41, 5.74) is 0. The molecular weight excluding hydrogens is 412 g/mol. The standard InChI is InChI=1S/C23H40N4O5/c1-4-5-6-11-16(22(30)27-15-10-8-13-18(27)21(29)25-3)19(23(31)32)26-14-9-7-12-17(26)20(28)24-2/h16-19H,4-15H2,1-3H3,(H,24,28)(H,25,29)(H,31,32). The molecule has 182 valence electrons. The molecule has 2 fully saturated rings. The van der Waals surface area contributed by atoms with Crippen molar-refractivity contribution in [3.05, 3.63) is 0 Å². The fraction of sp³-hybridized carbons (Fsp3) is 0.826. The van der Waals surface area contributed by atoms with Crippen molar-refractivity contribution in [2.45, 2.75) is 89.3 Å². The minimum absolute atomic E-state index is 0.210. The Balaban J connectivity index is 2.39. The van der Waals surface area contributed by atoms with Crippen molar-refractivity contribution in [2.75, 3.05) is 27.2 Å². The maximum atomic E-state index is 13.8. The van der Waals surface area contributed by atoms with Gasteiger partial charge in [0.25, 0.3) is 0 Å². The van der Waals surface area contributed by atoms with E-state index >= 15 is 0 Å². The van der Waals surface area contributed by atoms with E-state index in [4.69, 9.17) is 0 Å². The summed E-state index contributed by atoms with van der Waals surface area (Å²) in [4.78, 5) is 54.7. The van der Waals surface area contributed by atoms with Crippen LogP contribution in [0.5, 0.6) is 0 Å². The summed E-state index contributed by atoms with van der Waals surface area (Å²) in [6, 6.07) is -2.22. The van der Waals surface area contributed by atoms with Crippen LogP contribution in [0.15, 0.2) is 0 Å². The number of hydrogen-bond donors (Lipinski definition) is 3. The molecule has 0 bridgehead atoms. The fourth-order valence-electron chi connectivity index (χ4n) is 5.16. The number of aliphatic carboxylic acids is 1. The highest BCUT2D eigenvalue weighted by atomic mass is 16.4. The molecule has 2 rings (SSSR count). The number of likely N-dealkylation sites (tertiary alicyclic amines) is 2. The summed E-state index contributed by atoms with van der Waals surface area (Å²) < 4.78 is 0. The number of carbonyl (C=O) groups is 4. The van der Waals surface area contributed by atoms with Crippen molar-refractivity contribution in [3.8, 4) is 0 Å². The molecule has 0 radical (unpaired) electrons. The number of carboxylic acids is 1. The lowest BCUT2D eigenvalue weighted by Gasteiger charge is -2.43.